The third-order valence-electron chi connectivity index (χ3n) is 4.72. The molecule has 2 amide bonds. The van der Waals surface area contributed by atoms with Gasteiger partial charge in [0.05, 0.1) is 11.8 Å². The summed E-state index contributed by atoms with van der Waals surface area (Å²) < 4.78 is 0. The van der Waals surface area contributed by atoms with Crippen LogP contribution in [0.25, 0.3) is 10.8 Å². The third kappa shape index (κ3) is 5.01. The Morgan fingerprint density at radius 3 is 2.59 bits per heavy atom. The van der Waals surface area contributed by atoms with E-state index < -0.39 is 11.2 Å². The van der Waals surface area contributed by atoms with Crippen molar-refractivity contribution in [1.29, 1.82) is 0 Å². The van der Waals surface area contributed by atoms with Crippen LogP contribution in [0.3, 0.4) is 0 Å². The van der Waals surface area contributed by atoms with Crippen LogP contribution in [0.4, 0.5) is 5.69 Å². The lowest BCUT2D eigenvalue weighted by molar-refractivity contribution is -0.122. The van der Waals surface area contributed by atoms with Gasteiger partial charge in [0, 0.05) is 17.5 Å². The van der Waals surface area contributed by atoms with Crippen molar-refractivity contribution >= 4 is 57.4 Å². The Balaban J connectivity index is 1.36. The monoisotopic (exact) mass is 446 g/mol. The Hall–Kier alpha value is -3.98. The van der Waals surface area contributed by atoms with Crippen LogP contribution in [-0.2, 0) is 9.59 Å². The molecule has 0 radical (unpaired) electrons. The molecule has 160 valence electrons. The molecule has 8 nitrogen and oxygen atoms in total. The molecule has 0 aromatic heterocycles. The Kier molecular flexibility index (Phi) is 6.27. The molecule has 0 spiro atoms. The van der Waals surface area contributed by atoms with E-state index in [9.17, 15) is 14.4 Å². The van der Waals surface area contributed by atoms with Crippen LogP contribution in [-0.4, -0.2) is 39.5 Å². The quantitative estimate of drug-likeness (QED) is 0.395. The second-order valence-electron chi connectivity index (χ2n) is 6.95. The summed E-state index contributed by atoms with van der Waals surface area (Å²) in [6.45, 7) is 0. The number of carboxylic acids is 1. The number of fused-ring (bicyclic) bond motifs is 1. The number of amidine groups is 1. The van der Waals surface area contributed by atoms with Crippen molar-refractivity contribution in [3.8, 4) is 0 Å². The predicted octanol–water partition coefficient (Wildman–Crippen LogP) is 3.49. The number of thioether (sulfide) groups is 1. The number of nitrogens with zero attached hydrogens (tertiary/aromatic N) is 2. The Bertz CT molecular complexity index is 1250. The summed E-state index contributed by atoms with van der Waals surface area (Å²) in [5.41, 5.74) is 1.54. The van der Waals surface area contributed by atoms with Gasteiger partial charge in [0.25, 0.3) is 0 Å². The number of aromatic carboxylic acids is 1. The normalized spacial score (nSPS) is 17.1. The zero-order valence-corrected chi connectivity index (χ0v) is 17.5. The zero-order chi connectivity index (χ0) is 22.5. The first-order valence-electron chi connectivity index (χ1n) is 9.69. The number of hydrogen-bond acceptors (Lipinski definition) is 6. The molecular formula is C23H18N4O4S. The highest BCUT2D eigenvalue weighted by molar-refractivity contribution is 8.15. The number of amides is 2. The minimum absolute atomic E-state index is 0.000887. The first-order chi connectivity index (χ1) is 15.5. The van der Waals surface area contributed by atoms with Gasteiger partial charge in [-0.15, -0.1) is 5.10 Å². The summed E-state index contributed by atoms with van der Waals surface area (Å²) in [7, 11) is 0. The second kappa shape index (κ2) is 9.44. The van der Waals surface area contributed by atoms with Gasteiger partial charge in [0.15, 0.2) is 5.17 Å². The highest BCUT2D eigenvalue weighted by Gasteiger charge is 2.32. The van der Waals surface area contributed by atoms with Gasteiger partial charge in [-0.05, 0) is 29.1 Å². The van der Waals surface area contributed by atoms with Crippen molar-refractivity contribution in [1.82, 2.24) is 5.32 Å². The van der Waals surface area contributed by atoms with Gasteiger partial charge in [-0.25, -0.2) is 4.79 Å². The minimum Gasteiger partial charge on any atom is -0.478 e. The number of hydrogen-bond donors (Lipinski definition) is 3. The lowest BCUT2D eigenvalue weighted by Crippen LogP contribution is -2.28. The van der Waals surface area contributed by atoms with E-state index in [4.69, 9.17) is 5.11 Å². The number of carbonyl (C=O) groups excluding carboxylic acids is 2. The third-order valence-corrected chi connectivity index (χ3v) is 5.80. The van der Waals surface area contributed by atoms with Gasteiger partial charge in [-0.2, -0.15) is 5.10 Å². The fourth-order valence-electron chi connectivity index (χ4n) is 3.15. The van der Waals surface area contributed by atoms with Crippen LogP contribution in [0, 0.1) is 0 Å². The molecule has 1 atom stereocenters. The number of benzene rings is 3. The molecule has 4 rings (SSSR count). The van der Waals surface area contributed by atoms with E-state index in [2.05, 4.69) is 20.8 Å². The smallest absolute Gasteiger partial charge is 0.335 e. The SMILES string of the molecule is O=C(C[C@@H]1S/C(=N/N=C\c2ccc(C(=O)O)cc2)NC1=O)Nc1cccc2ccccc12. The topological polar surface area (TPSA) is 120 Å². The second-order valence-corrected chi connectivity index (χ2v) is 8.14. The van der Waals surface area contributed by atoms with Gasteiger partial charge >= 0.3 is 5.97 Å². The molecule has 3 aromatic rings. The molecule has 32 heavy (non-hydrogen) atoms. The van der Waals surface area contributed by atoms with E-state index in [-0.39, 0.29) is 23.8 Å². The summed E-state index contributed by atoms with van der Waals surface area (Å²) in [5.74, 6) is -1.57. The molecule has 0 unspecified atom stereocenters. The molecule has 3 aromatic carbocycles. The summed E-state index contributed by atoms with van der Waals surface area (Å²) in [6, 6.07) is 19.5. The number of anilines is 1. The van der Waals surface area contributed by atoms with Crippen LogP contribution < -0.4 is 10.6 Å². The van der Waals surface area contributed by atoms with Crippen LogP contribution in [0.2, 0.25) is 0 Å². The molecular weight excluding hydrogens is 428 g/mol. The van der Waals surface area contributed by atoms with E-state index in [0.29, 0.717) is 16.4 Å². The molecule has 0 aliphatic carbocycles. The fourth-order valence-corrected chi connectivity index (χ4v) is 4.07. The minimum atomic E-state index is -1.01. The number of nitrogens with one attached hydrogen (secondary N) is 2. The van der Waals surface area contributed by atoms with Crippen molar-refractivity contribution < 1.29 is 19.5 Å². The molecule has 1 saturated heterocycles. The van der Waals surface area contributed by atoms with Gasteiger partial charge in [-0.3, -0.25) is 9.59 Å². The largest absolute Gasteiger partial charge is 0.478 e. The van der Waals surface area contributed by atoms with E-state index in [1.54, 1.807) is 12.1 Å². The first-order valence-corrected chi connectivity index (χ1v) is 10.6. The molecule has 0 bridgehead atoms. The van der Waals surface area contributed by atoms with Crippen molar-refractivity contribution in [2.75, 3.05) is 5.32 Å². The number of carbonyl (C=O) groups is 3. The average Bonchev–Trinajstić information content (AvgIpc) is 3.13. The van der Waals surface area contributed by atoms with Gasteiger partial charge < -0.3 is 15.7 Å². The van der Waals surface area contributed by atoms with Crippen molar-refractivity contribution in [3.63, 3.8) is 0 Å². The molecule has 1 aliphatic rings. The molecule has 3 N–H and O–H groups in total. The lowest BCUT2D eigenvalue weighted by Gasteiger charge is -2.10. The van der Waals surface area contributed by atoms with Crippen LogP contribution >= 0.6 is 11.8 Å². The van der Waals surface area contributed by atoms with Gasteiger partial charge in [0.1, 0.15) is 5.25 Å². The maximum atomic E-state index is 12.5. The van der Waals surface area contributed by atoms with E-state index in [0.717, 1.165) is 22.5 Å². The summed E-state index contributed by atoms with van der Waals surface area (Å²) in [6.07, 6.45) is 1.45. The molecule has 1 heterocycles. The molecule has 0 saturated carbocycles. The Labute approximate surface area is 187 Å². The van der Waals surface area contributed by atoms with Crippen LogP contribution in [0.1, 0.15) is 22.3 Å². The standard InChI is InChI=1S/C23H18N4O4S/c28-20(25-18-7-3-5-15-4-1-2-6-17(15)18)12-19-21(29)26-23(32-19)27-24-13-14-8-10-16(11-9-14)22(30)31/h1-11,13,19H,12H2,(H,25,28)(H,30,31)(H,26,27,29)/b24-13-/t19-/m0/s1. The van der Waals surface area contributed by atoms with Crippen LogP contribution in [0.15, 0.2) is 76.9 Å². The Morgan fingerprint density at radius 1 is 1.06 bits per heavy atom. The Morgan fingerprint density at radius 2 is 1.81 bits per heavy atom. The summed E-state index contributed by atoms with van der Waals surface area (Å²) >= 11 is 1.14. The average molecular weight is 446 g/mol. The fraction of sp³-hybridized carbons (Fsp3) is 0.0870. The van der Waals surface area contributed by atoms with E-state index in [1.165, 1.54) is 18.3 Å². The predicted molar refractivity (Wildman–Crippen MR) is 125 cm³/mol. The van der Waals surface area contributed by atoms with E-state index >= 15 is 0 Å². The number of carboxylic acid groups (broad SMARTS) is 1. The summed E-state index contributed by atoms with van der Waals surface area (Å²) in [5, 5.41) is 24.0. The first kappa shape index (κ1) is 21.3. The maximum Gasteiger partial charge on any atom is 0.335 e. The van der Waals surface area contributed by atoms with Crippen molar-refractivity contribution in [2.45, 2.75) is 11.7 Å². The lowest BCUT2D eigenvalue weighted by atomic mass is 10.1. The summed E-state index contributed by atoms with van der Waals surface area (Å²) in [4.78, 5) is 35.6. The van der Waals surface area contributed by atoms with Gasteiger partial charge in [-0.1, -0.05) is 60.3 Å². The highest BCUT2D eigenvalue weighted by atomic mass is 32.2. The number of rotatable bonds is 6. The van der Waals surface area contributed by atoms with Crippen molar-refractivity contribution in [2.24, 2.45) is 10.2 Å². The molecule has 1 aliphatic heterocycles. The zero-order valence-electron chi connectivity index (χ0n) is 16.7. The molecule has 1 fully saturated rings. The van der Waals surface area contributed by atoms with Gasteiger partial charge in [0.2, 0.25) is 11.8 Å². The van der Waals surface area contributed by atoms with E-state index in [1.807, 2.05) is 42.5 Å². The van der Waals surface area contributed by atoms with Crippen molar-refractivity contribution in [3.05, 3.63) is 77.9 Å². The van der Waals surface area contributed by atoms with Crippen LogP contribution in [0.5, 0.6) is 0 Å². The molecule has 9 heteroatoms. The highest BCUT2D eigenvalue weighted by Crippen LogP contribution is 2.26. The maximum absolute atomic E-state index is 12.5.